The molecule has 1 heterocycles. The molecule has 1 aromatic carbocycles. The molecule has 0 aliphatic rings. The van der Waals surface area contributed by atoms with E-state index in [9.17, 15) is 9.59 Å². The van der Waals surface area contributed by atoms with Gasteiger partial charge in [0.25, 0.3) is 5.91 Å². The smallest absolute Gasteiger partial charge is 0.321 e. The van der Waals surface area contributed by atoms with E-state index in [0.29, 0.717) is 17.8 Å². The second-order valence-electron chi connectivity index (χ2n) is 6.93. The normalized spacial score (nSPS) is 11.1. The predicted molar refractivity (Wildman–Crippen MR) is 101 cm³/mol. The molecule has 0 spiro atoms. The van der Waals surface area contributed by atoms with Crippen LogP contribution in [-0.2, 0) is 6.54 Å². The van der Waals surface area contributed by atoms with E-state index in [4.69, 9.17) is 0 Å². The Hall–Kier alpha value is -2.41. The minimum Gasteiger partial charge on any atom is -0.347 e. The molecule has 0 atom stereocenters. The van der Waals surface area contributed by atoms with Crippen LogP contribution < -0.4 is 10.6 Å². The molecule has 3 amide bonds. The molecular weight excluding hydrogens is 336 g/mol. The Bertz CT molecular complexity index is 764. The van der Waals surface area contributed by atoms with Gasteiger partial charge in [0.15, 0.2) is 0 Å². The molecule has 2 N–H and O–H groups in total. The van der Waals surface area contributed by atoms with Crippen LogP contribution in [0.25, 0.3) is 0 Å². The molecule has 0 aliphatic carbocycles. The highest BCUT2D eigenvalue weighted by atomic mass is 32.1. The third-order valence-corrected chi connectivity index (χ3v) is 4.10. The van der Waals surface area contributed by atoms with Gasteiger partial charge in [0, 0.05) is 29.2 Å². The minimum absolute atomic E-state index is 0.171. The summed E-state index contributed by atoms with van der Waals surface area (Å²) in [6.45, 7) is 8.13. The van der Waals surface area contributed by atoms with Crippen molar-refractivity contribution < 1.29 is 9.59 Å². The summed E-state index contributed by atoms with van der Waals surface area (Å²) in [7, 11) is 1.71. The number of aromatic nitrogens is 1. The average Bonchev–Trinajstić information content (AvgIpc) is 2.91. The Kier molecular flexibility index (Phi) is 5.79. The van der Waals surface area contributed by atoms with Crippen molar-refractivity contribution in [3.8, 4) is 0 Å². The molecule has 0 saturated heterocycles. The number of thiazole rings is 1. The Balaban J connectivity index is 2.00. The molecule has 0 radical (unpaired) electrons. The van der Waals surface area contributed by atoms with Gasteiger partial charge in [0.05, 0.1) is 17.2 Å². The zero-order valence-electron chi connectivity index (χ0n) is 15.2. The first-order chi connectivity index (χ1) is 11.6. The van der Waals surface area contributed by atoms with Crippen LogP contribution >= 0.6 is 11.3 Å². The van der Waals surface area contributed by atoms with Crippen LogP contribution in [0.2, 0.25) is 0 Å². The number of benzene rings is 1. The van der Waals surface area contributed by atoms with Crippen molar-refractivity contribution in [3.63, 3.8) is 0 Å². The minimum atomic E-state index is -0.317. The Morgan fingerprint density at radius 2 is 2.00 bits per heavy atom. The van der Waals surface area contributed by atoms with Gasteiger partial charge in [-0.25, -0.2) is 9.78 Å². The molecule has 2 rings (SSSR count). The summed E-state index contributed by atoms with van der Waals surface area (Å²) in [5, 5.41) is 8.63. The van der Waals surface area contributed by atoms with E-state index < -0.39 is 0 Å². The van der Waals surface area contributed by atoms with Crippen molar-refractivity contribution in [2.24, 2.45) is 0 Å². The van der Waals surface area contributed by atoms with Gasteiger partial charge in [0.1, 0.15) is 0 Å². The van der Waals surface area contributed by atoms with E-state index in [1.807, 2.05) is 33.1 Å². The lowest BCUT2D eigenvalue weighted by molar-refractivity contribution is 0.0919. The van der Waals surface area contributed by atoms with Gasteiger partial charge < -0.3 is 15.5 Å². The van der Waals surface area contributed by atoms with Crippen LogP contribution in [-0.4, -0.2) is 34.4 Å². The molecule has 0 saturated carbocycles. The summed E-state index contributed by atoms with van der Waals surface area (Å²) in [6, 6.07) is 6.64. The zero-order valence-corrected chi connectivity index (χ0v) is 16.0. The van der Waals surface area contributed by atoms with E-state index in [2.05, 4.69) is 15.6 Å². The third-order valence-electron chi connectivity index (χ3n) is 3.28. The number of carbonyl (C=O) groups is 2. The molecule has 25 heavy (non-hydrogen) atoms. The Labute approximate surface area is 152 Å². The Morgan fingerprint density at radius 3 is 2.60 bits per heavy atom. The number of rotatable bonds is 4. The summed E-state index contributed by atoms with van der Waals surface area (Å²) >= 11 is 1.56. The van der Waals surface area contributed by atoms with Crippen molar-refractivity contribution in [2.45, 2.75) is 39.8 Å². The number of hydrogen-bond acceptors (Lipinski definition) is 4. The van der Waals surface area contributed by atoms with Crippen molar-refractivity contribution in [3.05, 3.63) is 45.9 Å². The van der Waals surface area contributed by atoms with Gasteiger partial charge in [-0.2, -0.15) is 0 Å². The molecule has 0 aliphatic heterocycles. The maximum Gasteiger partial charge on any atom is 0.321 e. The van der Waals surface area contributed by atoms with Crippen molar-refractivity contribution >= 4 is 29.0 Å². The number of hydrogen-bond donors (Lipinski definition) is 2. The Morgan fingerprint density at radius 1 is 1.28 bits per heavy atom. The van der Waals surface area contributed by atoms with Crippen LogP contribution in [0, 0.1) is 6.92 Å². The van der Waals surface area contributed by atoms with Gasteiger partial charge in [0.2, 0.25) is 0 Å². The van der Waals surface area contributed by atoms with Crippen LogP contribution in [0.15, 0.2) is 29.6 Å². The van der Waals surface area contributed by atoms with E-state index in [-0.39, 0.29) is 17.5 Å². The van der Waals surface area contributed by atoms with Crippen LogP contribution in [0.5, 0.6) is 0 Å². The first-order valence-corrected chi connectivity index (χ1v) is 8.88. The number of urea groups is 1. The van der Waals surface area contributed by atoms with Crippen molar-refractivity contribution in [1.29, 1.82) is 0 Å². The lowest BCUT2D eigenvalue weighted by atomic mass is 10.1. The summed E-state index contributed by atoms with van der Waals surface area (Å²) in [6.07, 6.45) is 0. The summed E-state index contributed by atoms with van der Waals surface area (Å²) in [4.78, 5) is 30.5. The highest BCUT2D eigenvalue weighted by Crippen LogP contribution is 2.14. The van der Waals surface area contributed by atoms with E-state index >= 15 is 0 Å². The fraction of sp³-hybridized carbons (Fsp3) is 0.389. The summed E-state index contributed by atoms with van der Waals surface area (Å²) in [5.41, 5.74) is 1.62. The molecule has 1 aromatic heterocycles. The van der Waals surface area contributed by atoms with Gasteiger partial charge in [-0.05, 0) is 45.9 Å². The molecule has 134 valence electrons. The van der Waals surface area contributed by atoms with Crippen LogP contribution in [0.3, 0.4) is 0 Å². The number of nitrogens with zero attached hydrogens (tertiary/aromatic N) is 2. The fourth-order valence-electron chi connectivity index (χ4n) is 2.17. The maximum absolute atomic E-state index is 12.3. The van der Waals surface area contributed by atoms with Gasteiger partial charge in [-0.1, -0.05) is 6.07 Å². The summed E-state index contributed by atoms with van der Waals surface area (Å²) < 4.78 is 0. The van der Waals surface area contributed by atoms with E-state index in [1.54, 1.807) is 47.5 Å². The fourth-order valence-corrected chi connectivity index (χ4v) is 2.77. The highest BCUT2D eigenvalue weighted by molar-refractivity contribution is 7.09. The number of amides is 3. The van der Waals surface area contributed by atoms with Crippen molar-refractivity contribution in [2.75, 3.05) is 12.4 Å². The molecular formula is C18H24N4O2S. The largest absolute Gasteiger partial charge is 0.347 e. The SMILES string of the molecule is Cc1nc(CN(C)C(=O)Nc2cccc(C(=O)NC(C)(C)C)c2)cs1. The number of anilines is 1. The molecule has 7 heteroatoms. The summed E-state index contributed by atoms with van der Waals surface area (Å²) in [5.74, 6) is -0.171. The topological polar surface area (TPSA) is 74.3 Å². The van der Waals surface area contributed by atoms with Gasteiger partial charge in [-0.3, -0.25) is 4.79 Å². The lowest BCUT2D eigenvalue weighted by Crippen LogP contribution is -2.40. The van der Waals surface area contributed by atoms with Gasteiger partial charge in [-0.15, -0.1) is 11.3 Å². The number of aryl methyl sites for hydroxylation is 1. The molecule has 0 fully saturated rings. The zero-order chi connectivity index (χ0) is 18.6. The third kappa shape index (κ3) is 5.86. The number of nitrogens with one attached hydrogen (secondary N) is 2. The second kappa shape index (κ2) is 7.65. The van der Waals surface area contributed by atoms with E-state index in [0.717, 1.165) is 10.7 Å². The molecule has 2 aromatic rings. The monoisotopic (exact) mass is 360 g/mol. The second-order valence-corrected chi connectivity index (χ2v) is 7.99. The first-order valence-electron chi connectivity index (χ1n) is 8.00. The van der Waals surface area contributed by atoms with Crippen LogP contribution in [0.1, 0.15) is 41.8 Å². The standard InChI is InChI=1S/C18H24N4O2S/c1-12-19-15(11-25-12)10-22(5)17(24)20-14-8-6-7-13(9-14)16(23)21-18(2,3)4/h6-9,11H,10H2,1-5H3,(H,20,24)(H,21,23). The maximum atomic E-state index is 12.3. The lowest BCUT2D eigenvalue weighted by Gasteiger charge is -2.21. The molecule has 6 nitrogen and oxygen atoms in total. The van der Waals surface area contributed by atoms with Crippen LogP contribution in [0.4, 0.5) is 10.5 Å². The first kappa shape index (κ1) is 18.9. The quantitative estimate of drug-likeness (QED) is 0.874. The van der Waals surface area contributed by atoms with E-state index in [1.165, 1.54) is 0 Å². The molecule has 0 unspecified atom stereocenters. The highest BCUT2D eigenvalue weighted by Gasteiger charge is 2.16. The predicted octanol–water partition coefficient (Wildman–Crippen LogP) is 3.64. The number of carbonyl (C=O) groups excluding carboxylic acids is 2. The molecule has 0 bridgehead atoms. The average molecular weight is 360 g/mol. The van der Waals surface area contributed by atoms with Crippen molar-refractivity contribution in [1.82, 2.24) is 15.2 Å². The van der Waals surface area contributed by atoms with Gasteiger partial charge >= 0.3 is 6.03 Å².